The van der Waals surface area contributed by atoms with Crippen LogP contribution in [0, 0.1) is 0 Å². The van der Waals surface area contributed by atoms with E-state index < -0.39 is 10.0 Å². The number of carbonyl (C=O) groups excluding carboxylic acids is 1. The number of carbonyl (C=O) groups is 1. The van der Waals surface area contributed by atoms with Crippen molar-refractivity contribution < 1.29 is 17.9 Å². The maximum Gasteiger partial charge on any atom is 0.255 e. The van der Waals surface area contributed by atoms with Gasteiger partial charge in [-0.3, -0.25) is 4.79 Å². The Kier molecular flexibility index (Phi) is 7.78. The van der Waals surface area contributed by atoms with Gasteiger partial charge in [0.05, 0.1) is 23.8 Å². The average Bonchev–Trinajstić information content (AvgIpc) is 3.24. The van der Waals surface area contributed by atoms with Crippen molar-refractivity contribution in [3.8, 4) is 11.3 Å². The van der Waals surface area contributed by atoms with Gasteiger partial charge in [-0.1, -0.05) is 25.0 Å². The van der Waals surface area contributed by atoms with E-state index in [2.05, 4.69) is 20.4 Å². The fraction of sp³-hybridized carbons (Fsp3) is 0.370. The molecular weight excluding hydrogens is 490 g/mol. The highest BCUT2D eigenvalue weighted by molar-refractivity contribution is 7.89. The summed E-state index contributed by atoms with van der Waals surface area (Å²) in [4.78, 5) is 15.2. The minimum absolute atomic E-state index is 0.165. The lowest BCUT2D eigenvalue weighted by Gasteiger charge is -2.26. The van der Waals surface area contributed by atoms with Crippen LogP contribution in [0.2, 0.25) is 0 Å². The maximum atomic E-state index is 12.8. The third-order valence-corrected chi connectivity index (χ3v) is 8.66. The van der Waals surface area contributed by atoms with Gasteiger partial charge in [-0.25, -0.2) is 8.42 Å². The Balaban J connectivity index is 1.21. The number of sulfonamides is 1. The number of nitrogens with zero attached hydrogens (tertiary/aromatic N) is 4. The summed E-state index contributed by atoms with van der Waals surface area (Å²) in [7, 11) is -3.60. The van der Waals surface area contributed by atoms with E-state index in [4.69, 9.17) is 4.74 Å². The largest absolute Gasteiger partial charge is 0.379 e. The van der Waals surface area contributed by atoms with Gasteiger partial charge in [0.25, 0.3) is 5.91 Å². The van der Waals surface area contributed by atoms with Gasteiger partial charge < -0.3 is 15.0 Å². The molecule has 3 heterocycles. The lowest BCUT2D eigenvalue weighted by molar-refractivity contribution is 0.0730. The molecule has 2 aliphatic heterocycles. The third-order valence-electron chi connectivity index (χ3n) is 6.74. The van der Waals surface area contributed by atoms with E-state index >= 15 is 0 Å². The Hall–Kier alpha value is -3.34. The fourth-order valence-corrected chi connectivity index (χ4v) is 6.00. The predicted molar refractivity (Wildman–Crippen MR) is 142 cm³/mol. The van der Waals surface area contributed by atoms with E-state index in [1.165, 1.54) is 54.3 Å². The molecule has 0 radical (unpaired) electrons. The second-order valence-electron chi connectivity index (χ2n) is 9.25. The second kappa shape index (κ2) is 11.4. The van der Waals surface area contributed by atoms with Gasteiger partial charge in [0, 0.05) is 43.0 Å². The standard InChI is InChI=1S/C27H31N5O4S/c33-27(22-7-11-24(12-8-22)37(34,35)32-17-19-36-20-18-32)28-23-9-5-21(6-10-23)25-13-14-26(30-29-25)31-15-3-1-2-4-16-31/h5-14H,1-4,15-20H2,(H,28,33). The summed E-state index contributed by atoms with van der Waals surface area (Å²) in [5.41, 5.74) is 2.69. The van der Waals surface area contributed by atoms with Crippen molar-refractivity contribution in [3.63, 3.8) is 0 Å². The van der Waals surface area contributed by atoms with Crippen LogP contribution in [0.15, 0.2) is 65.6 Å². The number of aromatic nitrogens is 2. The molecule has 2 aromatic carbocycles. The number of ether oxygens (including phenoxy) is 1. The van der Waals surface area contributed by atoms with Gasteiger partial charge in [0.2, 0.25) is 10.0 Å². The summed E-state index contributed by atoms with van der Waals surface area (Å²) < 4.78 is 32.2. The Labute approximate surface area is 217 Å². The summed E-state index contributed by atoms with van der Waals surface area (Å²) in [5, 5.41) is 11.7. The number of morpholine rings is 1. The Morgan fingerprint density at radius 2 is 1.46 bits per heavy atom. The molecule has 37 heavy (non-hydrogen) atoms. The lowest BCUT2D eigenvalue weighted by Crippen LogP contribution is -2.40. The van der Waals surface area contributed by atoms with Crippen LogP contribution in [-0.2, 0) is 14.8 Å². The van der Waals surface area contributed by atoms with Crippen molar-refractivity contribution in [2.24, 2.45) is 0 Å². The minimum Gasteiger partial charge on any atom is -0.379 e. The first kappa shape index (κ1) is 25.3. The molecule has 0 spiro atoms. The van der Waals surface area contributed by atoms with Crippen LogP contribution < -0.4 is 10.2 Å². The van der Waals surface area contributed by atoms with Gasteiger partial charge in [-0.15, -0.1) is 10.2 Å². The number of nitrogens with one attached hydrogen (secondary N) is 1. The van der Waals surface area contributed by atoms with Gasteiger partial charge in [0.15, 0.2) is 5.82 Å². The molecule has 194 valence electrons. The molecule has 0 aliphatic carbocycles. The smallest absolute Gasteiger partial charge is 0.255 e. The zero-order valence-corrected chi connectivity index (χ0v) is 21.5. The third kappa shape index (κ3) is 5.98. The minimum atomic E-state index is -3.60. The quantitative estimate of drug-likeness (QED) is 0.526. The highest BCUT2D eigenvalue weighted by atomic mass is 32.2. The summed E-state index contributed by atoms with van der Waals surface area (Å²) in [6.07, 6.45) is 4.92. The van der Waals surface area contributed by atoms with Crippen LogP contribution >= 0.6 is 0 Å². The van der Waals surface area contributed by atoms with Crippen molar-refractivity contribution in [3.05, 3.63) is 66.2 Å². The fourth-order valence-electron chi connectivity index (χ4n) is 4.59. The molecule has 2 fully saturated rings. The molecule has 3 aromatic rings. The molecule has 2 aliphatic rings. The molecule has 0 unspecified atom stereocenters. The van der Waals surface area contributed by atoms with Crippen LogP contribution in [0.4, 0.5) is 11.5 Å². The highest BCUT2D eigenvalue weighted by Gasteiger charge is 2.26. The molecule has 1 aromatic heterocycles. The number of amides is 1. The van der Waals surface area contributed by atoms with Gasteiger partial charge in [-0.05, 0) is 61.4 Å². The SMILES string of the molecule is O=C(Nc1ccc(-c2ccc(N3CCCCCC3)nn2)cc1)c1ccc(S(=O)(=O)N2CCOCC2)cc1. The number of anilines is 2. The van der Waals surface area contributed by atoms with Crippen molar-refractivity contribution in [1.82, 2.24) is 14.5 Å². The first-order valence-electron chi connectivity index (χ1n) is 12.7. The Morgan fingerprint density at radius 3 is 2.08 bits per heavy atom. The topological polar surface area (TPSA) is 105 Å². The van der Waals surface area contributed by atoms with E-state index in [1.54, 1.807) is 0 Å². The van der Waals surface area contributed by atoms with Gasteiger partial charge in [-0.2, -0.15) is 4.31 Å². The van der Waals surface area contributed by atoms with E-state index in [9.17, 15) is 13.2 Å². The molecule has 1 amide bonds. The average molecular weight is 522 g/mol. The number of benzene rings is 2. The zero-order chi connectivity index (χ0) is 25.7. The number of hydrogen-bond acceptors (Lipinski definition) is 7. The molecule has 2 saturated heterocycles. The van der Waals surface area contributed by atoms with E-state index in [1.807, 2.05) is 36.4 Å². The molecule has 9 nitrogen and oxygen atoms in total. The molecule has 0 atom stereocenters. The number of hydrogen-bond donors (Lipinski definition) is 1. The second-order valence-corrected chi connectivity index (χ2v) is 11.2. The van der Waals surface area contributed by atoms with E-state index in [0.29, 0.717) is 37.6 Å². The lowest BCUT2D eigenvalue weighted by atomic mass is 10.1. The predicted octanol–water partition coefficient (Wildman–Crippen LogP) is 3.80. The van der Waals surface area contributed by atoms with Crippen LogP contribution in [0.3, 0.4) is 0 Å². The summed E-state index contributed by atoms with van der Waals surface area (Å²) in [6.45, 7) is 3.47. The first-order chi connectivity index (χ1) is 18.0. The maximum absolute atomic E-state index is 12.8. The van der Waals surface area contributed by atoms with Gasteiger partial charge >= 0.3 is 0 Å². The molecule has 0 bridgehead atoms. The van der Waals surface area contributed by atoms with Crippen molar-refractivity contribution in [2.75, 3.05) is 49.6 Å². The van der Waals surface area contributed by atoms with Crippen LogP contribution in [0.25, 0.3) is 11.3 Å². The van der Waals surface area contributed by atoms with Gasteiger partial charge in [0.1, 0.15) is 0 Å². The van der Waals surface area contributed by atoms with Crippen LogP contribution in [0.5, 0.6) is 0 Å². The zero-order valence-electron chi connectivity index (χ0n) is 20.7. The molecule has 10 heteroatoms. The summed E-state index contributed by atoms with van der Waals surface area (Å²) in [6, 6.07) is 17.4. The van der Waals surface area contributed by atoms with E-state index in [-0.39, 0.29) is 10.8 Å². The Bertz CT molecular complexity index is 1300. The van der Waals surface area contributed by atoms with Crippen molar-refractivity contribution in [2.45, 2.75) is 30.6 Å². The number of rotatable bonds is 6. The monoisotopic (exact) mass is 521 g/mol. The molecule has 1 N–H and O–H groups in total. The first-order valence-corrected chi connectivity index (χ1v) is 14.1. The van der Waals surface area contributed by atoms with Crippen molar-refractivity contribution in [1.29, 1.82) is 0 Å². The molecule has 5 rings (SSSR count). The van der Waals surface area contributed by atoms with Crippen molar-refractivity contribution >= 4 is 27.4 Å². The Morgan fingerprint density at radius 1 is 0.784 bits per heavy atom. The summed E-state index contributed by atoms with van der Waals surface area (Å²) in [5.74, 6) is 0.600. The van der Waals surface area contributed by atoms with E-state index in [0.717, 1.165) is 30.2 Å². The normalized spacial score (nSPS) is 17.2. The molecular formula is C27H31N5O4S. The summed E-state index contributed by atoms with van der Waals surface area (Å²) >= 11 is 0. The molecule has 0 saturated carbocycles. The van der Waals surface area contributed by atoms with Crippen LogP contribution in [-0.4, -0.2) is 68.2 Å². The highest BCUT2D eigenvalue weighted by Crippen LogP contribution is 2.23. The van der Waals surface area contributed by atoms with Crippen LogP contribution in [0.1, 0.15) is 36.0 Å².